The maximum Gasteiger partial charge on any atom is 0.311 e. The Bertz CT molecular complexity index is 1580. The molecule has 2 unspecified atom stereocenters. The van der Waals surface area contributed by atoms with Gasteiger partial charge in [0.15, 0.2) is 0 Å². The fraction of sp³-hybridized carbons (Fsp3) is 0.310. The van der Waals surface area contributed by atoms with Crippen molar-refractivity contribution in [2.24, 2.45) is 5.92 Å². The number of aromatic amines is 1. The Labute approximate surface area is 229 Å². The van der Waals surface area contributed by atoms with Crippen LogP contribution in [0.3, 0.4) is 0 Å². The van der Waals surface area contributed by atoms with Gasteiger partial charge < -0.3 is 24.1 Å². The second-order valence-corrected chi connectivity index (χ2v) is 10.6. The Morgan fingerprint density at radius 3 is 2.31 bits per heavy atom. The lowest BCUT2D eigenvalue weighted by Gasteiger charge is -2.40. The van der Waals surface area contributed by atoms with Gasteiger partial charge in [-0.15, -0.1) is 11.3 Å². The van der Waals surface area contributed by atoms with Crippen molar-refractivity contribution in [3.8, 4) is 11.5 Å². The number of methoxy groups -OCH3 is 2. The number of aryl methyl sites for hydroxylation is 2. The maximum absolute atomic E-state index is 13.5. The molecule has 1 N–H and O–H groups in total. The molecule has 39 heavy (non-hydrogen) atoms. The number of fused-ring (bicyclic) bond motifs is 1. The van der Waals surface area contributed by atoms with Crippen molar-refractivity contribution in [1.29, 1.82) is 0 Å². The van der Waals surface area contributed by atoms with E-state index in [1.165, 1.54) is 11.3 Å². The van der Waals surface area contributed by atoms with Crippen LogP contribution in [0, 0.1) is 19.8 Å². The van der Waals surface area contributed by atoms with Gasteiger partial charge in [0.1, 0.15) is 28.8 Å². The molecule has 1 saturated heterocycles. The van der Waals surface area contributed by atoms with E-state index in [4.69, 9.17) is 14.2 Å². The average molecular weight is 548 g/mol. The smallest absolute Gasteiger partial charge is 0.311 e. The summed E-state index contributed by atoms with van der Waals surface area (Å²) < 4.78 is 16.3. The Morgan fingerprint density at radius 1 is 1.03 bits per heavy atom. The minimum atomic E-state index is -0.639. The summed E-state index contributed by atoms with van der Waals surface area (Å²) in [6.07, 6.45) is 0.514. The number of esters is 1. The fourth-order valence-corrected chi connectivity index (χ4v) is 6.03. The number of rotatable bonds is 7. The van der Waals surface area contributed by atoms with E-state index < -0.39 is 17.9 Å². The first-order valence-electron chi connectivity index (χ1n) is 12.6. The van der Waals surface area contributed by atoms with Gasteiger partial charge in [0.2, 0.25) is 5.91 Å². The van der Waals surface area contributed by atoms with Gasteiger partial charge in [-0.05, 0) is 67.8 Å². The highest BCUT2D eigenvalue weighted by Gasteiger charge is 2.42. The molecule has 1 aliphatic rings. The van der Waals surface area contributed by atoms with E-state index in [1.54, 1.807) is 55.5 Å². The van der Waals surface area contributed by atoms with Crippen LogP contribution in [0.15, 0.2) is 53.3 Å². The van der Waals surface area contributed by atoms with Crippen molar-refractivity contribution in [2.45, 2.75) is 39.3 Å². The number of ether oxygens (including phenoxy) is 3. The summed E-state index contributed by atoms with van der Waals surface area (Å²) in [5, 5.41) is 0.563. The molecule has 10 heteroatoms. The molecule has 202 valence electrons. The fourth-order valence-electron chi connectivity index (χ4n) is 4.98. The van der Waals surface area contributed by atoms with Gasteiger partial charge in [-0.25, -0.2) is 4.98 Å². The summed E-state index contributed by atoms with van der Waals surface area (Å²) in [7, 11) is 3.16. The van der Waals surface area contributed by atoms with Gasteiger partial charge >= 0.3 is 5.97 Å². The van der Waals surface area contributed by atoms with E-state index in [-0.39, 0.29) is 30.3 Å². The Hall–Kier alpha value is -4.18. The number of nitrogens with zero attached hydrogens (tertiary/aromatic N) is 2. The first kappa shape index (κ1) is 26.4. The highest BCUT2D eigenvalue weighted by atomic mass is 32.1. The third kappa shape index (κ3) is 5.12. The number of piperidine rings is 1. The highest BCUT2D eigenvalue weighted by molar-refractivity contribution is 7.18. The van der Waals surface area contributed by atoms with Crippen molar-refractivity contribution in [2.75, 3.05) is 19.1 Å². The molecular weight excluding hydrogens is 518 g/mol. The van der Waals surface area contributed by atoms with Crippen LogP contribution < -0.4 is 19.9 Å². The van der Waals surface area contributed by atoms with Crippen molar-refractivity contribution in [3.05, 3.63) is 80.7 Å². The number of hydrogen-bond donors (Lipinski definition) is 1. The third-order valence-electron chi connectivity index (χ3n) is 7.15. The average Bonchev–Trinajstić information content (AvgIpc) is 3.24. The van der Waals surface area contributed by atoms with Crippen LogP contribution in [0.4, 0.5) is 5.69 Å². The predicted molar refractivity (Wildman–Crippen MR) is 148 cm³/mol. The number of anilines is 1. The maximum atomic E-state index is 13.5. The molecule has 0 radical (unpaired) electrons. The number of aromatic nitrogens is 2. The summed E-state index contributed by atoms with van der Waals surface area (Å²) in [6.45, 7) is 3.66. The van der Waals surface area contributed by atoms with Crippen LogP contribution in [0.5, 0.6) is 11.5 Å². The largest absolute Gasteiger partial charge is 0.497 e. The highest BCUT2D eigenvalue weighted by Crippen LogP contribution is 2.41. The minimum absolute atomic E-state index is 0.0927. The summed E-state index contributed by atoms with van der Waals surface area (Å²) in [4.78, 5) is 50.0. The second-order valence-electron chi connectivity index (χ2n) is 9.41. The van der Waals surface area contributed by atoms with Gasteiger partial charge in [-0.3, -0.25) is 14.4 Å². The summed E-state index contributed by atoms with van der Waals surface area (Å²) in [6, 6.07) is 13.9. The van der Waals surface area contributed by atoms with Gasteiger partial charge in [0.05, 0.1) is 31.6 Å². The Kier molecular flexibility index (Phi) is 7.38. The molecule has 1 aliphatic heterocycles. The van der Waals surface area contributed by atoms with E-state index >= 15 is 0 Å². The first-order valence-corrected chi connectivity index (χ1v) is 13.4. The molecule has 0 saturated carbocycles. The lowest BCUT2D eigenvalue weighted by Crippen LogP contribution is -2.46. The van der Waals surface area contributed by atoms with Crippen molar-refractivity contribution < 1.29 is 23.8 Å². The van der Waals surface area contributed by atoms with E-state index in [0.717, 1.165) is 16.0 Å². The number of carbonyl (C=O) groups excluding carboxylic acids is 2. The number of nitrogens with one attached hydrogen (secondary N) is 1. The van der Waals surface area contributed by atoms with Crippen LogP contribution in [0.25, 0.3) is 10.2 Å². The standard InChI is InChI=1S/C29H29N3O6S/c1-16-17(2)39-28-25(16)27(34)30-23(31-28)15-38-29(35)22-13-14-24(33)32(19-7-11-21(37-4)12-8-19)26(22)18-5-9-20(36-3)10-6-18/h5-12,22,26H,13-15H2,1-4H3,(H,30,31,34). The van der Waals surface area contributed by atoms with Crippen LogP contribution >= 0.6 is 11.3 Å². The molecule has 9 nitrogen and oxygen atoms in total. The lowest BCUT2D eigenvalue weighted by molar-refractivity contribution is -0.152. The summed E-state index contributed by atoms with van der Waals surface area (Å²) in [5.74, 6) is 0.408. The van der Waals surface area contributed by atoms with Crippen LogP contribution in [-0.4, -0.2) is 36.1 Å². The molecule has 1 fully saturated rings. The van der Waals surface area contributed by atoms with Crippen LogP contribution in [-0.2, 0) is 20.9 Å². The monoisotopic (exact) mass is 547 g/mol. The number of carbonyl (C=O) groups is 2. The van der Waals surface area contributed by atoms with Gasteiger partial charge in [0, 0.05) is 17.0 Å². The molecule has 2 atom stereocenters. The molecule has 0 bridgehead atoms. The van der Waals surface area contributed by atoms with Gasteiger partial charge in [-0.1, -0.05) is 12.1 Å². The van der Waals surface area contributed by atoms with Gasteiger partial charge in [-0.2, -0.15) is 0 Å². The van der Waals surface area contributed by atoms with E-state index in [9.17, 15) is 14.4 Å². The molecule has 2 aromatic carbocycles. The zero-order chi connectivity index (χ0) is 27.7. The number of amides is 1. The first-order chi connectivity index (χ1) is 18.8. The van der Waals surface area contributed by atoms with E-state index in [0.29, 0.717) is 33.8 Å². The third-order valence-corrected chi connectivity index (χ3v) is 8.25. The number of benzene rings is 2. The number of hydrogen-bond acceptors (Lipinski definition) is 8. The zero-order valence-corrected chi connectivity index (χ0v) is 23.0. The molecule has 0 aliphatic carbocycles. The zero-order valence-electron chi connectivity index (χ0n) is 22.1. The van der Waals surface area contributed by atoms with Crippen LogP contribution in [0.2, 0.25) is 0 Å². The Balaban J connectivity index is 1.45. The molecule has 2 aromatic heterocycles. The summed E-state index contributed by atoms with van der Waals surface area (Å²) in [5.41, 5.74) is 2.08. The topological polar surface area (TPSA) is 111 Å². The normalized spacial score (nSPS) is 17.3. The van der Waals surface area contributed by atoms with Crippen molar-refractivity contribution in [1.82, 2.24) is 9.97 Å². The lowest BCUT2D eigenvalue weighted by atomic mass is 9.83. The minimum Gasteiger partial charge on any atom is -0.497 e. The van der Waals surface area contributed by atoms with Crippen LogP contribution in [0.1, 0.15) is 40.7 Å². The SMILES string of the molecule is COc1ccc(C2C(C(=O)OCc3nc4sc(C)c(C)c4c(=O)[nH]3)CCC(=O)N2c2ccc(OC)cc2)cc1. The molecule has 4 aromatic rings. The van der Waals surface area contributed by atoms with E-state index in [2.05, 4.69) is 9.97 Å². The quantitative estimate of drug-likeness (QED) is 0.330. The number of thiophene rings is 1. The van der Waals surface area contributed by atoms with Gasteiger partial charge in [0.25, 0.3) is 5.56 Å². The molecule has 3 heterocycles. The molecular formula is C29H29N3O6S. The molecule has 5 rings (SSSR count). The molecule has 1 amide bonds. The predicted octanol–water partition coefficient (Wildman–Crippen LogP) is 4.85. The Morgan fingerprint density at radius 2 is 1.67 bits per heavy atom. The summed E-state index contributed by atoms with van der Waals surface area (Å²) >= 11 is 1.44. The van der Waals surface area contributed by atoms with E-state index in [1.807, 2.05) is 26.0 Å². The van der Waals surface area contributed by atoms with Crippen molar-refractivity contribution in [3.63, 3.8) is 0 Å². The second kappa shape index (κ2) is 10.9. The van der Waals surface area contributed by atoms with Crippen molar-refractivity contribution >= 4 is 39.1 Å². The molecule has 0 spiro atoms. The number of H-pyrrole nitrogens is 1.